The number of pyridine rings is 2. The second-order valence-corrected chi connectivity index (χ2v) is 10.3. The van der Waals surface area contributed by atoms with E-state index in [9.17, 15) is 14.4 Å². The van der Waals surface area contributed by atoms with Crippen LogP contribution in [0.4, 0.5) is 21.1 Å². The van der Waals surface area contributed by atoms with Gasteiger partial charge in [-0.05, 0) is 45.9 Å². The molecule has 1 aliphatic rings. The number of halogens is 1. The van der Waals surface area contributed by atoms with E-state index in [1.54, 1.807) is 65.2 Å². The smallest absolute Gasteiger partial charge is 0.413 e. The molecule has 0 aliphatic carbocycles. The van der Waals surface area contributed by atoms with Crippen LogP contribution < -0.4 is 10.6 Å². The molecule has 3 amide bonds. The Morgan fingerprint density at radius 3 is 2.51 bits per heavy atom. The number of nitrogens with zero attached hydrogens (tertiary/aromatic N) is 6. The number of nitrogens with one attached hydrogen (secondary N) is 2. The van der Waals surface area contributed by atoms with Gasteiger partial charge in [-0.15, -0.1) is 5.10 Å². The van der Waals surface area contributed by atoms with E-state index < -0.39 is 23.9 Å². The number of rotatable bonds is 6. The molecular weight excluding hydrogens is 528 g/mol. The van der Waals surface area contributed by atoms with Crippen LogP contribution in [0.15, 0.2) is 36.7 Å². The van der Waals surface area contributed by atoms with Crippen LogP contribution in [-0.2, 0) is 21.3 Å². The zero-order valence-electron chi connectivity index (χ0n) is 22.1. The minimum absolute atomic E-state index is 0.225. The van der Waals surface area contributed by atoms with Crippen LogP contribution in [0.25, 0.3) is 11.4 Å². The molecular formula is C25H29ClN8O5. The Morgan fingerprint density at radius 2 is 1.87 bits per heavy atom. The maximum absolute atomic E-state index is 12.6. The van der Waals surface area contributed by atoms with Crippen molar-refractivity contribution in [3.05, 3.63) is 47.4 Å². The number of hydrogen-bond acceptors (Lipinski definition) is 9. The largest absolute Gasteiger partial charge is 0.444 e. The molecule has 4 heterocycles. The lowest BCUT2D eigenvalue weighted by atomic mass is 10.00. The summed E-state index contributed by atoms with van der Waals surface area (Å²) in [6.07, 6.45) is 1.19. The predicted molar refractivity (Wildman–Crippen MR) is 142 cm³/mol. The summed E-state index contributed by atoms with van der Waals surface area (Å²) in [5.74, 6) is -0.301. The SMILES string of the molecule is C[C@@H](OC(=O)Nc1c(-c2ccc(NC(=O)C3CN(C(=O)OC(C)(C)C)C3)cn2)nnn1C)c1cccnc1Cl. The van der Waals surface area contributed by atoms with Crippen LogP contribution in [0.5, 0.6) is 0 Å². The Balaban J connectivity index is 1.34. The van der Waals surface area contributed by atoms with Crippen molar-refractivity contribution in [2.24, 2.45) is 13.0 Å². The van der Waals surface area contributed by atoms with Crippen molar-refractivity contribution in [2.75, 3.05) is 23.7 Å². The maximum Gasteiger partial charge on any atom is 0.413 e. The van der Waals surface area contributed by atoms with Gasteiger partial charge in [0.25, 0.3) is 0 Å². The van der Waals surface area contributed by atoms with Crippen molar-refractivity contribution in [1.82, 2.24) is 29.9 Å². The molecule has 1 atom stereocenters. The summed E-state index contributed by atoms with van der Waals surface area (Å²) in [6.45, 7) is 7.61. The van der Waals surface area contributed by atoms with E-state index in [0.717, 1.165) is 0 Å². The number of likely N-dealkylation sites (tertiary alicyclic amines) is 1. The van der Waals surface area contributed by atoms with Crippen molar-refractivity contribution in [1.29, 1.82) is 0 Å². The Morgan fingerprint density at radius 1 is 1.13 bits per heavy atom. The molecule has 13 nitrogen and oxygen atoms in total. The summed E-state index contributed by atoms with van der Waals surface area (Å²) in [4.78, 5) is 47.1. The highest BCUT2D eigenvalue weighted by molar-refractivity contribution is 6.30. The zero-order chi connectivity index (χ0) is 28.3. The quantitative estimate of drug-likeness (QED) is 0.428. The van der Waals surface area contributed by atoms with Gasteiger partial charge in [-0.2, -0.15) is 0 Å². The molecule has 0 saturated carbocycles. The molecule has 0 aromatic carbocycles. The minimum atomic E-state index is -0.737. The van der Waals surface area contributed by atoms with Crippen molar-refractivity contribution in [3.63, 3.8) is 0 Å². The highest BCUT2D eigenvalue weighted by Crippen LogP contribution is 2.27. The van der Waals surface area contributed by atoms with Crippen LogP contribution in [0.1, 0.15) is 39.4 Å². The van der Waals surface area contributed by atoms with Crippen molar-refractivity contribution >= 4 is 41.2 Å². The molecule has 0 radical (unpaired) electrons. The molecule has 0 bridgehead atoms. The predicted octanol–water partition coefficient (Wildman–Crippen LogP) is 4.04. The lowest BCUT2D eigenvalue weighted by molar-refractivity contribution is -0.124. The fraction of sp³-hybridized carbons (Fsp3) is 0.400. The van der Waals surface area contributed by atoms with Crippen molar-refractivity contribution in [3.8, 4) is 11.4 Å². The van der Waals surface area contributed by atoms with Gasteiger partial charge in [0.2, 0.25) is 5.91 Å². The molecule has 1 aliphatic heterocycles. The maximum atomic E-state index is 12.6. The summed E-state index contributed by atoms with van der Waals surface area (Å²) in [6, 6.07) is 6.72. The number of hydrogen-bond donors (Lipinski definition) is 2. The molecule has 39 heavy (non-hydrogen) atoms. The summed E-state index contributed by atoms with van der Waals surface area (Å²) < 4.78 is 12.1. The third-order valence-corrected chi connectivity index (χ3v) is 6.05. The van der Waals surface area contributed by atoms with E-state index in [4.69, 9.17) is 21.1 Å². The van der Waals surface area contributed by atoms with Gasteiger partial charge in [-0.1, -0.05) is 22.9 Å². The molecule has 2 N–H and O–H groups in total. The second kappa shape index (κ2) is 11.2. The van der Waals surface area contributed by atoms with E-state index in [-0.39, 0.29) is 35.9 Å². The van der Waals surface area contributed by atoms with E-state index in [1.165, 1.54) is 15.8 Å². The van der Waals surface area contributed by atoms with E-state index >= 15 is 0 Å². The van der Waals surface area contributed by atoms with Gasteiger partial charge in [0.05, 0.1) is 23.5 Å². The van der Waals surface area contributed by atoms with Crippen LogP contribution in [-0.4, -0.2) is 66.6 Å². The average molecular weight is 557 g/mol. The number of anilines is 2. The van der Waals surface area contributed by atoms with Gasteiger partial charge in [-0.25, -0.2) is 19.3 Å². The lowest BCUT2D eigenvalue weighted by Crippen LogP contribution is -2.55. The van der Waals surface area contributed by atoms with Gasteiger partial charge in [0, 0.05) is 31.9 Å². The fourth-order valence-electron chi connectivity index (χ4n) is 3.69. The molecule has 0 spiro atoms. The van der Waals surface area contributed by atoms with Gasteiger partial charge in [-0.3, -0.25) is 15.1 Å². The van der Waals surface area contributed by atoms with Gasteiger partial charge < -0.3 is 19.7 Å². The lowest BCUT2D eigenvalue weighted by Gasteiger charge is -2.38. The third-order valence-electron chi connectivity index (χ3n) is 5.73. The van der Waals surface area contributed by atoms with Gasteiger partial charge >= 0.3 is 12.2 Å². The molecule has 3 aromatic rings. The van der Waals surface area contributed by atoms with Crippen molar-refractivity contribution < 1.29 is 23.9 Å². The van der Waals surface area contributed by atoms with E-state index in [0.29, 0.717) is 22.6 Å². The first-order chi connectivity index (χ1) is 18.4. The molecule has 3 aromatic heterocycles. The molecule has 0 unspecified atom stereocenters. The Kier molecular flexibility index (Phi) is 8.00. The van der Waals surface area contributed by atoms with Crippen LogP contribution in [0, 0.1) is 5.92 Å². The van der Waals surface area contributed by atoms with Gasteiger partial charge in [0.1, 0.15) is 16.9 Å². The topological polar surface area (TPSA) is 153 Å². The summed E-state index contributed by atoms with van der Waals surface area (Å²) >= 11 is 6.09. The normalized spacial score (nSPS) is 14.3. The summed E-state index contributed by atoms with van der Waals surface area (Å²) in [5.41, 5.74) is 1.17. The third kappa shape index (κ3) is 6.79. The number of ether oxygens (including phenoxy) is 2. The Hall–Kier alpha value is -4.26. The zero-order valence-corrected chi connectivity index (χ0v) is 22.9. The minimum Gasteiger partial charge on any atom is -0.444 e. The highest BCUT2D eigenvalue weighted by Gasteiger charge is 2.38. The standard InChI is InChI=1S/C25H29ClN8O5/c1-14(17-7-6-10-27-20(17)26)38-23(36)30-21-19(31-32-33(21)5)18-9-8-16(11-28-18)29-22(35)15-12-34(13-15)24(37)39-25(2,3)4/h6-11,14-15H,12-13H2,1-5H3,(H,29,35)(H,30,36)/t14-/m1/s1. The second-order valence-electron chi connectivity index (χ2n) is 9.97. The van der Waals surface area contributed by atoms with Crippen LogP contribution in [0.2, 0.25) is 5.15 Å². The van der Waals surface area contributed by atoms with Crippen LogP contribution in [0.3, 0.4) is 0 Å². The fourth-order valence-corrected chi connectivity index (χ4v) is 3.97. The first-order valence-corrected chi connectivity index (χ1v) is 12.5. The average Bonchev–Trinajstić information content (AvgIpc) is 3.17. The monoisotopic (exact) mass is 556 g/mol. The number of amides is 3. The summed E-state index contributed by atoms with van der Waals surface area (Å²) in [7, 11) is 1.61. The van der Waals surface area contributed by atoms with Gasteiger partial charge in [0.15, 0.2) is 11.5 Å². The molecule has 14 heteroatoms. The van der Waals surface area contributed by atoms with E-state index in [1.807, 2.05) is 0 Å². The molecule has 1 saturated heterocycles. The number of carbonyl (C=O) groups is 3. The molecule has 206 valence electrons. The molecule has 4 rings (SSSR count). The van der Waals surface area contributed by atoms with Crippen LogP contribution >= 0.6 is 11.6 Å². The number of aromatic nitrogens is 5. The van der Waals surface area contributed by atoms with E-state index in [2.05, 4.69) is 30.9 Å². The Bertz CT molecular complexity index is 1370. The number of aryl methyl sites for hydroxylation is 1. The number of carbonyl (C=O) groups excluding carboxylic acids is 3. The Labute approximate surface area is 229 Å². The first kappa shape index (κ1) is 27.8. The first-order valence-electron chi connectivity index (χ1n) is 12.1. The highest BCUT2D eigenvalue weighted by atomic mass is 35.5. The molecule has 1 fully saturated rings. The van der Waals surface area contributed by atoms with Crippen molar-refractivity contribution in [2.45, 2.75) is 39.4 Å². The summed E-state index contributed by atoms with van der Waals surface area (Å²) in [5, 5.41) is 13.7.